The molecular weight excluding hydrogens is 192 g/mol. The van der Waals surface area contributed by atoms with E-state index in [9.17, 15) is 0 Å². The van der Waals surface area contributed by atoms with Crippen molar-refractivity contribution in [2.24, 2.45) is 0 Å². The molecule has 84 valence electrons. The Morgan fingerprint density at radius 1 is 0.938 bits per heavy atom. The number of benzene rings is 1. The zero-order chi connectivity index (χ0) is 11.7. The SMILES string of the molecule is CC1=CCC(c2ccc(C)c(C)c2)C=C1C. The Labute approximate surface area is 98.7 Å². The number of hydrogen-bond donors (Lipinski definition) is 0. The summed E-state index contributed by atoms with van der Waals surface area (Å²) in [5.41, 5.74) is 7.09. The fourth-order valence-electron chi connectivity index (χ4n) is 2.19. The van der Waals surface area contributed by atoms with E-state index >= 15 is 0 Å². The van der Waals surface area contributed by atoms with Crippen molar-refractivity contribution in [2.45, 2.75) is 40.0 Å². The molecule has 0 bridgehead atoms. The van der Waals surface area contributed by atoms with E-state index in [4.69, 9.17) is 0 Å². The number of rotatable bonds is 1. The van der Waals surface area contributed by atoms with Gasteiger partial charge in [-0.1, -0.05) is 41.5 Å². The van der Waals surface area contributed by atoms with Gasteiger partial charge in [-0.25, -0.2) is 0 Å². The first-order valence-corrected chi connectivity index (χ1v) is 6.00. The van der Waals surface area contributed by atoms with Crippen LogP contribution in [0.5, 0.6) is 0 Å². The molecule has 0 heterocycles. The molecule has 1 aromatic carbocycles. The minimum absolute atomic E-state index is 0.572. The van der Waals surface area contributed by atoms with Gasteiger partial charge in [0.05, 0.1) is 0 Å². The summed E-state index contributed by atoms with van der Waals surface area (Å²) in [5, 5.41) is 0. The van der Waals surface area contributed by atoms with E-state index in [2.05, 4.69) is 58.0 Å². The van der Waals surface area contributed by atoms with Gasteiger partial charge in [-0.15, -0.1) is 0 Å². The first-order valence-electron chi connectivity index (χ1n) is 6.00. The van der Waals surface area contributed by atoms with Gasteiger partial charge in [0.15, 0.2) is 0 Å². The molecule has 1 aliphatic rings. The first kappa shape index (κ1) is 11.2. The van der Waals surface area contributed by atoms with E-state index in [1.807, 2.05) is 0 Å². The van der Waals surface area contributed by atoms with E-state index in [1.54, 1.807) is 0 Å². The third kappa shape index (κ3) is 2.11. The second kappa shape index (κ2) is 4.29. The number of hydrogen-bond acceptors (Lipinski definition) is 0. The normalized spacial score (nSPS) is 20.4. The summed E-state index contributed by atoms with van der Waals surface area (Å²) in [6, 6.07) is 6.84. The van der Waals surface area contributed by atoms with Gasteiger partial charge < -0.3 is 0 Å². The predicted octanol–water partition coefficient (Wildman–Crippen LogP) is 4.68. The highest BCUT2D eigenvalue weighted by molar-refractivity contribution is 5.40. The molecule has 0 amide bonds. The van der Waals surface area contributed by atoms with E-state index in [-0.39, 0.29) is 0 Å². The second-order valence-corrected chi connectivity index (χ2v) is 4.92. The zero-order valence-corrected chi connectivity index (χ0v) is 10.7. The highest BCUT2D eigenvalue weighted by atomic mass is 14.2. The third-order valence-corrected chi connectivity index (χ3v) is 3.71. The fourth-order valence-corrected chi connectivity index (χ4v) is 2.19. The maximum Gasteiger partial charge on any atom is 0.00585 e. The lowest BCUT2D eigenvalue weighted by molar-refractivity contribution is 0.830. The summed E-state index contributed by atoms with van der Waals surface area (Å²) in [6.07, 6.45) is 5.90. The molecule has 0 N–H and O–H groups in total. The molecule has 1 aliphatic carbocycles. The van der Waals surface area contributed by atoms with Crippen LogP contribution in [0.4, 0.5) is 0 Å². The second-order valence-electron chi connectivity index (χ2n) is 4.92. The van der Waals surface area contributed by atoms with Crippen LogP contribution in [0.15, 0.2) is 41.5 Å². The van der Waals surface area contributed by atoms with Crippen LogP contribution in [0.1, 0.15) is 42.9 Å². The molecule has 0 spiro atoms. The lowest BCUT2D eigenvalue weighted by Gasteiger charge is -2.19. The molecule has 0 saturated carbocycles. The van der Waals surface area contributed by atoms with E-state index < -0.39 is 0 Å². The van der Waals surface area contributed by atoms with Crippen LogP contribution >= 0.6 is 0 Å². The van der Waals surface area contributed by atoms with Crippen molar-refractivity contribution in [3.8, 4) is 0 Å². The average molecular weight is 212 g/mol. The Balaban J connectivity index is 2.30. The van der Waals surface area contributed by atoms with Gasteiger partial charge in [0.2, 0.25) is 0 Å². The predicted molar refractivity (Wildman–Crippen MR) is 70.8 cm³/mol. The van der Waals surface area contributed by atoms with Crippen LogP contribution in [0, 0.1) is 13.8 Å². The van der Waals surface area contributed by atoms with Gasteiger partial charge in [0.25, 0.3) is 0 Å². The standard InChI is InChI=1S/C16H20/c1-11-5-7-15(9-13(11)3)16-8-6-12(2)14(4)10-16/h5-7,9-10,16H,8H2,1-4H3. The monoisotopic (exact) mass is 212 g/mol. The van der Waals surface area contributed by atoms with Crippen LogP contribution in [0.25, 0.3) is 0 Å². The maximum atomic E-state index is 2.40. The Kier molecular flexibility index (Phi) is 3.00. The van der Waals surface area contributed by atoms with Crippen molar-refractivity contribution in [1.82, 2.24) is 0 Å². The Bertz CT molecular complexity index is 461. The summed E-state index contributed by atoms with van der Waals surface area (Å²) in [5.74, 6) is 0.572. The summed E-state index contributed by atoms with van der Waals surface area (Å²) in [4.78, 5) is 0. The Morgan fingerprint density at radius 2 is 1.69 bits per heavy atom. The van der Waals surface area contributed by atoms with Gasteiger partial charge in [0.1, 0.15) is 0 Å². The molecule has 1 aromatic rings. The first-order chi connectivity index (χ1) is 7.58. The van der Waals surface area contributed by atoms with Crippen LogP contribution in [-0.2, 0) is 0 Å². The minimum Gasteiger partial charge on any atom is -0.0804 e. The molecule has 0 saturated heterocycles. The summed E-state index contributed by atoms with van der Waals surface area (Å²) < 4.78 is 0. The highest BCUT2D eigenvalue weighted by Crippen LogP contribution is 2.30. The molecule has 0 aromatic heterocycles. The van der Waals surface area contributed by atoms with Crippen molar-refractivity contribution >= 4 is 0 Å². The molecule has 0 fully saturated rings. The van der Waals surface area contributed by atoms with Crippen LogP contribution < -0.4 is 0 Å². The Hall–Kier alpha value is -1.30. The van der Waals surface area contributed by atoms with E-state index in [0.717, 1.165) is 6.42 Å². The highest BCUT2D eigenvalue weighted by Gasteiger charge is 2.13. The van der Waals surface area contributed by atoms with Crippen molar-refractivity contribution in [2.75, 3.05) is 0 Å². The lowest BCUT2D eigenvalue weighted by atomic mass is 9.86. The molecule has 0 nitrogen and oxygen atoms in total. The minimum atomic E-state index is 0.572. The topological polar surface area (TPSA) is 0 Å². The van der Waals surface area contributed by atoms with Gasteiger partial charge >= 0.3 is 0 Å². The average Bonchev–Trinajstić information content (AvgIpc) is 2.26. The van der Waals surface area contributed by atoms with Crippen molar-refractivity contribution < 1.29 is 0 Å². The molecule has 0 radical (unpaired) electrons. The van der Waals surface area contributed by atoms with E-state index in [0.29, 0.717) is 5.92 Å². The van der Waals surface area contributed by atoms with Gasteiger partial charge in [-0.3, -0.25) is 0 Å². The van der Waals surface area contributed by atoms with Crippen LogP contribution in [0.3, 0.4) is 0 Å². The molecule has 2 rings (SSSR count). The molecule has 0 aliphatic heterocycles. The molecule has 0 heteroatoms. The van der Waals surface area contributed by atoms with Gasteiger partial charge in [-0.05, 0) is 50.8 Å². The summed E-state index contributed by atoms with van der Waals surface area (Å²) in [7, 11) is 0. The van der Waals surface area contributed by atoms with Crippen molar-refractivity contribution in [1.29, 1.82) is 0 Å². The van der Waals surface area contributed by atoms with Crippen molar-refractivity contribution in [3.05, 3.63) is 58.2 Å². The smallest absolute Gasteiger partial charge is 0.00585 e. The maximum absolute atomic E-state index is 2.40. The number of aryl methyl sites for hydroxylation is 2. The molecule has 16 heavy (non-hydrogen) atoms. The summed E-state index contributed by atoms with van der Waals surface area (Å²) >= 11 is 0. The molecule has 1 atom stereocenters. The molecular formula is C16H20. The quantitative estimate of drug-likeness (QED) is 0.634. The van der Waals surface area contributed by atoms with Gasteiger partial charge in [0, 0.05) is 5.92 Å². The Morgan fingerprint density at radius 3 is 2.31 bits per heavy atom. The van der Waals surface area contributed by atoms with Crippen LogP contribution in [0.2, 0.25) is 0 Å². The van der Waals surface area contributed by atoms with Crippen molar-refractivity contribution in [3.63, 3.8) is 0 Å². The zero-order valence-electron chi connectivity index (χ0n) is 10.7. The summed E-state index contributed by atoms with van der Waals surface area (Å²) in [6.45, 7) is 8.77. The largest absolute Gasteiger partial charge is 0.0804 e. The lowest BCUT2D eigenvalue weighted by Crippen LogP contribution is -2.01. The van der Waals surface area contributed by atoms with Crippen LogP contribution in [-0.4, -0.2) is 0 Å². The molecule has 1 unspecified atom stereocenters. The van der Waals surface area contributed by atoms with Gasteiger partial charge in [-0.2, -0.15) is 0 Å². The third-order valence-electron chi connectivity index (χ3n) is 3.71. The fraction of sp³-hybridized carbons (Fsp3) is 0.375. The number of allylic oxidation sites excluding steroid dienone is 4. The van der Waals surface area contributed by atoms with E-state index in [1.165, 1.54) is 27.8 Å².